The molecule has 174 valence electrons. The number of rotatable bonds is 15. The Morgan fingerprint density at radius 3 is 1.97 bits per heavy atom. The van der Waals surface area contributed by atoms with Crippen molar-refractivity contribution < 1.29 is 25.1 Å². The van der Waals surface area contributed by atoms with E-state index in [1.807, 2.05) is 27.7 Å². The maximum absolute atomic E-state index is 11.9. The van der Waals surface area contributed by atoms with Crippen molar-refractivity contribution >= 4 is 23.3 Å². The van der Waals surface area contributed by atoms with Gasteiger partial charge in [-0.3, -0.25) is 9.59 Å². The standard InChI is InChI=1S/C20H39N5O5/c1-14(24-29)19(3,4)22-13-11-16(23-20(5,6)15(2)25-30)10-12-21-17(26)8-7-9-18(27)28/h16,22-23,29-30H,7-13H2,1-6H3,(H,21,26)(H,27,28)/b24-14-,25-15-. The van der Waals surface area contributed by atoms with Crippen LogP contribution in [0.4, 0.5) is 0 Å². The van der Waals surface area contributed by atoms with Gasteiger partial charge in [0.1, 0.15) is 0 Å². The number of nitrogens with one attached hydrogen (secondary N) is 3. The summed E-state index contributed by atoms with van der Waals surface area (Å²) in [6.45, 7) is 12.2. The summed E-state index contributed by atoms with van der Waals surface area (Å²) in [5.41, 5.74) is 0.115. The zero-order chi connectivity index (χ0) is 23.4. The predicted molar refractivity (Wildman–Crippen MR) is 117 cm³/mol. The third-order valence-electron chi connectivity index (χ3n) is 5.34. The van der Waals surface area contributed by atoms with Crippen molar-refractivity contribution in [2.75, 3.05) is 13.1 Å². The number of carboxylic acids is 1. The van der Waals surface area contributed by atoms with Gasteiger partial charge in [0.05, 0.1) is 22.5 Å². The number of hydrogen-bond donors (Lipinski definition) is 6. The average Bonchev–Trinajstić information content (AvgIpc) is 2.65. The highest BCUT2D eigenvalue weighted by Crippen LogP contribution is 2.12. The first-order valence-electron chi connectivity index (χ1n) is 10.2. The largest absolute Gasteiger partial charge is 0.481 e. The summed E-state index contributed by atoms with van der Waals surface area (Å²) in [7, 11) is 0. The van der Waals surface area contributed by atoms with Crippen LogP contribution in [0.25, 0.3) is 0 Å². The van der Waals surface area contributed by atoms with Gasteiger partial charge in [0, 0.05) is 25.4 Å². The molecule has 1 unspecified atom stereocenters. The highest BCUT2D eigenvalue weighted by Gasteiger charge is 2.27. The maximum Gasteiger partial charge on any atom is 0.303 e. The number of carbonyl (C=O) groups is 2. The normalized spacial score (nSPS) is 14.5. The smallest absolute Gasteiger partial charge is 0.303 e. The fraction of sp³-hybridized carbons (Fsp3) is 0.800. The molecule has 0 aliphatic rings. The van der Waals surface area contributed by atoms with E-state index < -0.39 is 17.0 Å². The molecule has 10 heteroatoms. The van der Waals surface area contributed by atoms with Crippen LogP contribution in [-0.2, 0) is 9.59 Å². The minimum absolute atomic E-state index is 0.00527. The maximum atomic E-state index is 11.9. The molecule has 0 aliphatic heterocycles. The zero-order valence-corrected chi connectivity index (χ0v) is 19.1. The molecule has 0 bridgehead atoms. The Morgan fingerprint density at radius 2 is 1.43 bits per heavy atom. The van der Waals surface area contributed by atoms with Crippen LogP contribution in [0.5, 0.6) is 0 Å². The Kier molecular flexibility index (Phi) is 12.2. The second-order valence-corrected chi connectivity index (χ2v) is 8.56. The Hall–Kier alpha value is -2.20. The molecule has 0 spiro atoms. The van der Waals surface area contributed by atoms with Crippen molar-refractivity contribution in [2.45, 2.75) is 90.8 Å². The lowest BCUT2D eigenvalue weighted by Gasteiger charge is -2.33. The predicted octanol–water partition coefficient (Wildman–Crippen LogP) is 1.94. The molecule has 0 fully saturated rings. The molecule has 0 heterocycles. The van der Waals surface area contributed by atoms with E-state index in [-0.39, 0.29) is 24.8 Å². The van der Waals surface area contributed by atoms with Gasteiger partial charge in [0.2, 0.25) is 5.91 Å². The molecule has 10 nitrogen and oxygen atoms in total. The van der Waals surface area contributed by atoms with Crippen LogP contribution < -0.4 is 16.0 Å². The molecule has 0 rings (SSSR count). The summed E-state index contributed by atoms with van der Waals surface area (Å²) in [6, 6.07) is 0.00527. The molecule has 0 aliphatic carbocycles. The highest BCUT2D eigenvalue weighted by molar-refractivity contribution is 5.90. The van der Waals surface area contributed by atoms with Gasteiger partial charge in [-0.25, -0.2) is 0 Å². The van der Waals surface area contributed by atoms with Crippen LogP contribution in [0.3, 0.4) is 0 Å². The summed E-state index contributed by atoms with van der Waals surface area (Å²) in [6.07, 6.45) is 1.83. The Balaban J connectivity index is 4.80. The summed E-state index contributed by atoms with van der Waals surface area (Å²) in [5.74, 6) is -1.08. The first-order valence-corrected chi connectivity index (χ1v) is 10.2. The molecule has 1 atom stereocenters. The Labute approximate surface area is 179 Å². The second-order valence-electron chi connectivity index (χ2n) is 8.56. The van der Waals surface area contributed by atoms with Crippen LogP contribution in [0.2, 0.25) is 0 Å². The van der Waals surface area contributed by atoms with Crippen LogP contribution in [0.1, 0.15) is 73.6 Å². The lowest BCUT2D eigenvalue weighted by molar-refractivity contribution is -0.137. The van der Waals surface area contributed by atoms with Gasteiger partial charge in [0.25, 0.3) is 0 Å². The van der Waals surface area contributed by atoms with Crippen LogP contribution in [-0.4, -0.2) is 69.0 Å². The van der Waals surface area contributed by atoms with Gasteiger partial charge in [-0.2, -0.15) is 0 Å². The van der Waals surface area contributed by atoms with Gasteiger partial charge in [0.15, 0.2) is 0 Å². The number of oxime groups is 2. The molecule has 1 amide bonds. The molecular formula is C20H39N5O5. The van der Waals surface area contributed by atoms with Gasteiger partial charge in [-0.1, -0.05) is 10.3 Å². The van der Waals surface area contributed by atoms with E-state index in [9.17, 15) is 9.59 Å². The molecular weight excluding hydrogens is 390 g/mol. The van der Waals surface area contributed by atoms with Crippen molar-refractivity contribution in [3.8, 4) is 0 Å². The highest BCUT2D eigenvalue weighted by atomic mass is 16.4. The number of nitrogens with zero attached hydrogens (tertiary/aromatic N) is 2. The first kappa shape index (κ1) is 27.8. The van der Waals surface area contributed by atoms with Gasteiger partial charge < -0.3 is 31.5 Å². The van der Waals surface area contributed by atoms with Crippen molar-refractivity contribution in [1.82, 2.24) is 16.0 Å². The molecule has 6 N–H and O–H groups in total. The molecule has 30 heavy (non-hydrogen) atoms. The number of carboxylic acid groups (broad SMARTS) is 1. The first-order chi connectivity index (χ1) is 13.9. The van der Waals surface area contributed by atoms with Crippen LogP contribution in [0, 0.1) is 0 Å². The molecule has 0 aromatic carbocycles. The third kappa shape index (κ3) is 11.1. The number of carbonyl (C=O) groups excluding carboxylic acids is 1. The Bertz CT molecular complexity index is 617. The van der Waals surface area contributed by atoms with Crippen LogP contribution in [0.15, 0.2) is 10.3 Å². The fourth-order valence-corrected chi connectivity index (χ4v) is 2.71. The molecule has 0 aromatic rings. The van der Waals surface area contributed by atoms with E-state index in [1.54, 1.807) is 13.8 Å². The number of hydrogen-bond acceptors (Lipinski definition) is 8. The minimum atomic E-state index is -0.910. The van der Waals surface area contributed by atoms with Crippen molar-refractivity contribution in [3.63, 3.8) is 0 Å². The summed E-state index contributed by atoms with van der Waals surface area (Å²) >= 11 is 0. The van der Waals surface area contributed by atoms with Gasteiger partial charge in [-0.05, 0) is 67.3 Å². The lowest BCUT2D eigenvalue weighted by atomic mass is 9.95. The van der Waals surface area contributed by atoms with E-state index in [0.29, 0.717) is 37.4 Å². The van der Waals surface area contributed by atoms with E-state index in [1.165, 1.54) is 0 Å². The zero-order valence-electron chi connectivity index (χ0n) is 19.1. The quantitative estimate of drug-likeness (QED) is 0.132. The van der Waals surface area contributed by atoms with Gasteiger partial charge >= 0.3 is 5.97 Å². The van der Waals surface area contributed by atoms with Crippen molar-refractivity contribution in [3.05, 3.63) is 0 Å². The summed E-state index contributed by atoms with van der Waals surface area (Å²) < 4.78 is 0. The van der Waals surface area contributed by atoms with Crippen molar-refractivity contribution in [2.24, 2.45) is 10.3 Å². The monoisotopic (exact) mass is 429 g/mol. The number of aliphatic carboxylic acids is 1. The minimum Gasteiger partial charge on any atom is -0.481 e. The fourth-order valence-electron chi connectivity index (χ4n) is 2.71. The SMILES string of the molecule is C/C(=N/O)C(C)(C)NCCC(CCNC(=O)CCCC(=O)O)NC(C)(C)/C(C)=N\O. The van der Waals surface area contributed by atoms with E-state index >= 15 is 0 Å². The third-order valence-corrected chi connectivity index (χ3v) is 5.34. The molecule has 0 radical (unpaired) electrons. The summed E-state index contributed by atoms with van der Waals surface area (Å²) in [4.78, 5) is 22.4. The van der Waals surface area contributed by atoms with E-state index in [2.05, 4.69) is 26.3 Å². The van der Waals surface area contributed by atoms with Crippen LogP contribution >= 0.6 is 0 Å². The topological polar surface area (TPSA) is 156 Å². The molecule has 0 aromatic heterocycles. The second kappa shape index (κ2) is 13.2. The lowest BCUT2D eigenvalue weighted by Crippen LogP contribution is -2.53. The van der Waals surface area contributed by atoms with E-state index in [4.69, 9.17) is 15.5 Å². The average molecular weight is 430 g/mol. The number of amides is 1. The summed E-state index contributed by atoms with van der Waals surface area (Å²) in [5, 5.41) is 43.0. The van der Waals surface area contributed by atoms with Gasteiger partial charge in [-0.15, -0.1) is 0 Å². The van der Waals surface area contributed by atoms with E-state index in [0.717, 1.165) is 6.42 Å². The molecule has 0 saturated carbocycles. The Morgan fingerprint density at radius 1 is 0.900 bits per heavy atom. The van der Waals surface area contributed by atoms with Crippen molar-refractivity contribution in [1.29, 1.82) is 0 Å². The molecule has 0 saturated heterocycles.